The Kier molecular flexibility index (Phi) is 5.87. The number of rotatable bonds is 7. The largest absolute Gasteiger partial charge is 0.312 e. The highest BCUT2D eigenvalue weighted by atomic mass is 15.1. The normalized spacial score (nSPS) is 17.8. The maximum atomic E-state index is 3.62. The van der Waals surface area contributed by atoms with E-state index >= 15 is 0 Å². The van der Waals surface area contributed by atoms with Gasteiger partial charge in [0.2, 0.25) is 0 Å². The number of hydrogen-bond donors (Lipinski definition) is 1. The van der Waals surface area contributed by atoms with Gasteiger partial charge in [-0.2, -0.15) is 0 Å². The first kappa shape index (κ1) is 14.5. The Labute approximate surface area is 118 Å². The van der Waals surface area contributed by atoms with E-state index in [2.05, 4.69) is 48.3 Å². The van der Waals surface area contributed by atoms with Crippen molar-refractivity contribution in [2.75, 3.05) is 26.2 Å². The van der Waals surface area contributed by atoms with Crippen LogP contribution < -0.4 is 5.32 Å². The third-order valence-corrected chi connectivity index (χ3v) is 4.08. The van der Waals surface area contributed by atoms with Gasteiger partial charge in [0.1, 0.15) is 0 Å². The molecule has 1 atom stereocenters. The SMILES string of the molecule is CCc1ccccc1CNCC(C)CN1CCCC1. The molecule has 0 aliphatic carbocycles. The summed E-state index contributed by atoms with van der Waals surface area (Å²) in [5.41, 5.74) is 2.93. The third kappa shape index (κ3) is 4.63. The molecule has 1 aromatic carbocycles. The molecule has 1 fully saturated rings. The zero-order chi connectivity index (χ0) is 13.5. The second kappa shape index (κ2) is 7.66. The van der Waals surface area contributed by atoms with E-state index in [1.54, 1.807) is 0 Å². The molecule has 1 N–H and O–H groups in total. The Morgan fingerprint density at radius 3 is 2.53 bits per heavy atom. The summed E-state index contributed by atoms with van der Waals surface area (Å²) in [6, 6.07) is 8.77. The average molecular weight is 260 g/mol. The zero-order valence-corrected chi connectivity index (χ0v) is 12.5. The van der Waals surface area contributed by atoms with Gasteiger partial charge in [-0.05, 0) is 55.9 Å². The Hall–Kier alpha value is -0.860. The number of benzene rings is 1. The monoisotopic (exact) mass is 260 g/mol. The van der Waals surface area contributed by atoms with Gasteiger partial charge in [0.05, 0.1) is 0 Å². The smallest absolute Gasteiger partial charge is 0.0208 e. The molecular formula is C17H28N2. The van der Waals surface area contributed by atoms with Crippen LogP contribution in [0.25, 0.3) is 0 Å². The Morgan fingerprint density at radius 1 is 1.16 bits per heavy atom. The molecule has 2 nitrogen and oxygen atoms in total. The van der Waals surface area contributed by atoms with Crippen LogP contribution in [0.3, 0.4) is 0 Å². The molecule has 106 valence electrons. The number of hydrogen-bond acceptors (Lipinski definition) is 2. The van der Waals surface area contributed by atoms with Crippen LogP contribution in [0.4, 0.5) is 0 Å². The molecule has 2 rings (SSSR count). The summed E-state index contributed by atoms with van der Waals surface area (Å²) in [5.74, 6) is 0.742. The van der Waals surface area contributed by atoms with Gasteiger partial charge in [-0.1, -0.05) is 38.1 Å². The quantitative estimate of drug-likeness (QED) is 0.810. The molecule has 0 aromatic heterocycles. The first-order chi connectivity index (χ1) is 9.29. The lowest BCUT2D eigenvalue weighted by atomic mass is 10.1. The fourth-order valence-corrected chi connectivity index (χ4v) is 3.00. The summed E-state index contributed by atoms with van der Waals surface area (Å²) in [4.78, 5) is 2.60. The van der Waals surface area contributed by atoms with Crippen molar-refractivity contribution in [3.05, 3.63) is 35.4 Å². The lowest BCUT2D eigenvalue weighted by Crippen LogP contribution is -2.31. The van der Waals surface area contributed by atoms with Crippen LogP contribution in [-0.4, -0.2) is 31.1 Å². The van der Waals surface area contributed by atoms with Crippen molar-refractivity contribution in [1.82, 2.24) is 10.2 Å². The second-order valence-electron chi connectivity index (χ2n) is 5.87. The van der Waals surface area contributed by atoms with Gasteiger partial charge in [0.15, 0.2) is 0 Å². The van der Waals surface area contributed by atoms with E-state index < -0.39 is 0 Å². The van der Waals surface area contributed by atoms with E-state index in [9.17, 15) is 0 Å². The van der Waals surface area contributed by atoms with Gasteiger partial charge in [-0.15, -0.1) is 0 Å². The first-order valence-corrected chi connectivity index (χ1v) is 7.79. The van der Waals surface area contributed by atoms with E-state index in [1.165, 1.54) is 43.6 Å². The molecule has 1 aromatic rings. The second-order valence-corrected chi connectivity index (χ2v) is 5.87. The number of nitrogens with one attached hydrogen (secondary N) is 1. The van der Waals surface area contributed by atoms with Crippen LogP contribution >= 0.6 is 0 Å². The molecule has 0 radical (unpaired) electrons. The molecule has 1 aliphatic heterocycles. The first-order valence-electron chi connectivity index (χ1n) is 7.79. The van der Waals surface area contributed by atoms with Gasteiger partial charge >= 0.3 is 0 Å². The van der Waals surface area contributed by atoms with Crippen molar-refractivity contribution >= 4 is 0 Å². The summed E-state index contributed by atoms with van der Waals surface area (Å²) in [5, 5.41) is 3.62. The summed E-state index contributed by atoms with van der Waals surface area (Å²) >= 11 is 0. The minimum atomic E-state index is 0.742. The van der Waals surface area contributed by atoms with Crippen molar-refractivity contribution in [2.45, 2.75) is 39.7 Å². The molecule has 1 aliphatic rings. The zero-order valence-electron chi connectivity index (χ0n) is 12.5. The van der Waals surface area contributed by atoms with Crippen LogP contribution in [0.5, 0.6) is 0 Å². The highest BCUT2D eigenvalue weighted by Gasteiger charge is 2.14. The Bertz CT molecular complexity index is 369. The van der Waals surface area contributed by atoms with Crippen molar-refractivity contribution in [1.29, 1.82) is 0 Å². The average Bonchev–Trinajstić information content (AvgIpc) is 2.92. The van der Waals surface area contributed by atoms with Gasteiger partial charge in [-0.25, -0.2) is 0 Å². The van der Waals surface area contributed by atoms with E-state index in [0.717, 1.165) is 25.4 Å². The van der Waals surface area contributed by atoms with E-state index in [4.69, 9.17) is 0 Å². The lowest BCUT2D eigenvalue weighted by molar-refractivity contribution is 0.282. The van der Waals surface area contributed by atoms with Crippen LogP contribution in [-0.2, 0) is 13.0 Å². The minimum Gasteiger partial charge on any atom is -0.312 e. The highest BCUT2D eigenvalue weighted by Crippen LogP contribution is 2.11. The van der Waals surface area contributed by atoms with Crippen LogP contribution in [0.15, 0.2) is 24.3 Å². The predicted molar refractivity (Wildman–Crippen MR) is 82.4 cm³/mol. The third-order valence-electron chi connectivity index (χ3n) is 4.08. The summed E-state index contributed by atoms with van der Waals surface area (Å²) in [7, 11) is 0. The van der Waals surface area contributed by atoms with Crippen LogP contribution in [0.1, 0.15) is 37.8 Å². The standard InChI is InChI=1S/C17H28N2/c1-3-16-8-4-5-9-17(16)13-18-12-15(2)14-19-10-6-7-11-19/h4-5,8-9,15,18H,3,6-7,10-14H2,1-2H3. The topological polar surface area (TPSA) is 15.3 Å². The van der Waals surface area contributed by atoms with Gasteiger partial charge in [0, 0.05) is 13.1 Å². The molecule has 0 amide bonds. The number of nitrogens with zero attached hydrogens (tertiary/aromatic N) is 1. The van der Waals surface area contributed by atoms with E-state index in [-0.39, 0.29) is 0 Å². The Balaban J connectivity index is 1.70. The summed E-state index contributed by atoms with van der Waals surface area (Å²) in [6.45, 7) is 10.6. The van der Waals surface area contributed by atoms with Crippen LogP contribution in [0, 0.1) is 5.92 Å². The predicted octanol–water partition coefficient (Wildman–Crippen LogP) is 3.07. The number of aryl methyl sites for hydroxylation is 1. The van der Waals surface area contributed by atoms with Crippen molar-refractivity contribution < 1.29 is 0 Å². The Morgan fingerprint density at radius 2 is 1.84 bits per heavy atom. The lowest BCUT2D eigenvalue weighted by Gasteiger charge is -2.20. The van der Waals surface area contributed by atoms with Crippen molar-refractivity contribution in [3.63, 3.8) is 0 Å². The molecule has 2 heteroatoms. The van der Waals surface area contributed by atoms with E-state index in [0.29, 0.717) is 0 Å². The maximum Gasteiger partial charge on any atom is 0.0208 e. The summed E-state index contributed by atoms with van der Waals surface area (Å²) < 4.78 is 0. The minimum absolute atomic E-state index is 0.742. The molecule has 0 spiro atoms. The maximum absolute atomic E-state index is 3.62. The number of likely N-dealkylation sites (tertiary alicyclic amines) is 1. The summed E-state index contributed by atoms with van der Waals surface area (Å²) in [6.07, 6.45) is 3.91. The van der Waals surface area contributed by atoms with Gasteiger partial charge in [-0.3, -0.25) is 0 Å². The molecule has 1 saturated heterocycles. The van der Waals surface area contributed by atoms with Crippen molar-refractivity contribution in [3.8, 4) is 0 Å². The molecule has 0 saturated carbocycles. The van der Waals surface area contributed by atoms with Gasteiger partial charge in [0.25, 0.3) is 0 Å². The van der Waals surface area contributed by atoms with Crippen molar-refractivity contribution in [2.24, 2.45) is 5.92 Å². The van der Waals surface area contributed by atoms with Crippen LogP contribution in [0.2, 0.25) is 0 Å². The van der Waals surface area contributed by atoms with E-state index in [1.807, 2.05) is 0 Å². The fourth-order valence-electron chi connectivity index (χ4n) is 3.00. The molecule has 0 bridgehead atoms. The highest BCUT2D eigenvalue weighted by molar-refractivity contribution is 5.26. The molecule has 1 unspecified atom stereocenters. The molecular weight excluding hydrogens is 232 g/mol. The molecule has 19 heavy (non-hydrogen) atoms. The molecule has 1 heterocycles. The van der Waals surface area contributed by atoms with Gasteiger partial charge < -0.3 is 10.2 Å². The fraction of sp³-hybridized carbons (Fsp3) is 0.647.